The van der Waals surface area contributed by atoms with E-state index in [9.17, 15) is 18.4 Å². The van der Waals surface area contributed by atoms with Crippen molar-refractivity contribution in [3.05, 3.63) is 70.6 Å². The molecule has 1 N–H and O–H groups in total. The first kappa shape index (κ1) is 20.1. The fourth-order valence-electron chi connectivity index (χ4n) is 2.29. The molecular formula is C20H13F2N3O3S. The Labute approximate surface area is 168 Å². The number of thiazole rings is 1. The van der Waals surface area contributed by atoms with E-state index in [1.807, 2.05) is 6.07 Å². The number of carbonyl (C=O) groups excluding carboxylic acids is 2. The van der Waals surface area contributed by atoms with Crippen LogP contribution in [0.3, 0.4) is 0 Å². The molecule has 6 nitrogen and oxygen atoms in total. The summed E-state index contributed by atoms with van der Waals surface area (Å²) in [5.41, 5.74) is 1.33. The lowest BCUT2D eigenvalue weighted by Crippen LogP contribution is -2.29. The van der Waals surface area contributed by atoms with Crippen molar-refractivity contribution in [2.24, 2.45) is 0 Å². The van der Waals surface area contributed by atoms with Crippen LogP contribution >= 0.6 is 11.3 Å². The maximum absolute atomic E-state index is 13.4. The molecule has 1 aromatic heterocycles. The van der Waals surface area contributed by atoms with Crippen LogP contribution in [0.25, 0.3) is 11.3 Å². The second-order valence-electron chi connectivity index (χ2n) is 5.89. The number of hydrogen-bond acceptors (Lipinski definition) is 6. The Morgan fingerprint density at radius 1 is 1.17 bits per heavy atom. The molecule has 0 saturated carbocycles. The number of nitriles is 1. The van der Waals surface area contributed by atoms with Crippen molar-refractivity contribution < 1.29 is 23.1 Å². The summed E-state index contributed by atoms with van der Waals surface area (Å²) in [7, 11) is 0. The van der Waals surface area contributed by atoms with Crippen LogP contribution in [-0.2, 0) is 9.53 Å². The lowest BCUT2D eigenvalue weighted by molar-refractivity contribution is -0.123. The highest BCUT2D eigenvalue weighted by Gasteiger charge is 2.20. The van der Waals surface area contributed by atoms with E-state index in [1.165, 1.54) is 37.3 Å². The molecule has 0 saturated heterocycles. The molecule has 9 heteroatoms. The van der Waals surface area contributed by atoms with Gasteiger partial charge >= 0.3 is 5.97 Å². The number of halogens is 2. The van der Waals surface area contributed by atoms with E-state index in [-0.39, 0.29) is 10.7 Å². The number of amides is 1. The SMILES string of the molecule is CC(OC(=O)c1ccc(C#N)cc1)C(=O)Nc1nc(-c2ccc(F)c(F)c2)cs1. The molecule has 0 aliphatic heterocycles. The minimum atomic E-state index is -1.10. The molecule has 0 aliphatic carbocycles. The van der Waals surface area contributed by atoms with Gasteiger partial charge in [0.25, 0.3) is 5.91 Å². The van der Waals surface area contributed by atoms with Crippen LogP contribution in [0.5, 0.6) is 0 Å². The second-order valence-corrected chi connectivity index (χ2v) is 6.75. The first-order valence-electron chi connectivity index (χ1n) is 8.30. The van der Waals surface area contributed by atoms with E-state index in [4.69, 9.17) is 10.00 Å². The first-order chi connectivity index (χ1) is 13.9. The third-order valence-electron chi connectivity index (χ3n) is 3.85. The average Bonchev–Trinajstić information content (AvgIpc) is 3.18. The number of aromatic nitrogens is 1. The van der Waals surface area contributed by atoms with Crippen LogP contribution < -0.4 is 5.32 Å². The third-order valence-corrected chi connectivity index (χ3v) is 4.61. The third kappa shape index (κ3) is 4.80. The van der Waals surface area contributed by atoms with Gasteiger partial charge < -0.3 is 4.74 Å². The molecule has 0 radical (unpaired) electrons. The Hall–Kier alpha value is -3.64. The molecule has 2 aromatic carbocycles. The topological polar surface area (TPSA) is 92.1 Å². The minimum Gasteiger partial charge on any atom is -0.449 e. The van der Waals surface area contributed by atoms with Gasteiger partial charge in [-0.05, 0) is 49.4 Å². The largest absolute Gasteiger partial charge is 0.449 e. The van der Waals surface area contributed by atoms with Crippen LogP contribution in [-0.4, -0.2) is 23.0 Å². The number of esters is 1. The van der Waals surface area contributed by atoms with Gasteiger partial charge in [-0.25, -0.2) is 18.6 Å². The van der Waals surface area contributed by atoms with E-state index < -0.39 is 29.6 Å². The van der Waals surface area contributed by atoms with Crippen LogP contribution in [0.2, 0.25) is 0 Å². The predicted octanol–water partition coefficient (Wildman–Crippen LogP) is 4.14. The molecule has 0 fully saturated rings. The zero-order valence-corrected chi connectivity index (χ0v) is 15.8. The van der Waals surface area contributed by atoms with Gasteiger partial charge in [0.1, 0.15) is 0 Å². The highest BCUT2D eigenvalue weighted by Crippen LogP contribution is 2.26. The monoisotopic (exact) mass is 413 g/mol. The summed E-state index contributed by atoms with van der Waals surface area (Å²) in [6, 6.07) is 11.1. The molecule has 1 amide bonds. The zero-order valence-electron chi connectivity index (χ0n) is 15.0. The van der Waals surface area contributed by atoms with Gasteiger partial charge in [0.2, 0.25) is 0 Å². The standard InChI is InChI=1S/C20H13F2N3O3S/c1-11(28-19(27)13-4-2-12(9-23)3-5-13)18(26)25-20-24-17(10-29-20)14-6-7-15(21)16(22)8-14/h2-8,10-11H,1H3,(H,24,25,26). The van der Waals surface area contributed by atoms with E-state index in [0.717, 1.165) is 23.5 Å². The normalized spacial score (nSPS) is 11.4. The van der Waals surface area contributed by atoms with Crippen LogP contribution in [0.4, 0.5) is 13.9 Å². The lowest BCUT2D eigenvalue weighted by atomic mass is 10.1. The fraction of sp³-hybridized carbons (Fsp3) is 0.100. The van der Waals surface area contributed by atoms with Gasteiger partial charge in [-0.15, -0.1) is 11.3 Å². The maximum Gasteiger partial charge on any atom is 0.338 e. The molecule has 0 aliphatic rings. The maximum atomic E-state index is 13.4. The van der Waals surface area contributed by atoms with Gasteiger partial charge in [0.05, 0.1) is 22.9 Å². The summed E-state index contributed by atoms with van der Waals surface area (Å²) in [6.45, 7) is 1.40. The molecule has 0 bridgehead atoms. The van der Waals surface area contributed by atoms with E-state index in [1.54, 1.807) is 5.38 Å². The predicted molar refractivity (Wildman–Crippen MR) is 102 cm³/mol. The van der Waals surface area contributed by atoms with Crippen molar-refractivity contribution in [1.29, 1.82) is 5.26 Å². The second kappa shape index (κ2) is 8.58. The Balaban J connectivity index is 1.62. The minimum absolute atomic E-state index is 0.207. The van der Waals surface area contributed by atoms with Crippen molar-refractivity contribution in [1.82, 2.24) is 4.98 Å². The van der Waals surface area contributed by atoms with E-state index in [2.05, 4.69) is 10.3 Å². The number of ether oxygens (including phenoxy) is 1. The highest BCUT2D eigenvalue weighted by molar-refractivity contribution is 7.14. The summed E-state index contributed by atoms with van der Waals surface area (Å²) in [6.07, 6.45) is -1.10. The summed E-state index contributed by atoms with van der Waals surface area (Å²) in [5, 5.41) is 13.1. The Bertz CT molecular complexity index is 1110. The number of carbonyl (C=O) groups is 2. The number of nitrogens with zero attached hydrogens (tertiary/aromatic N) is 2. The lowest BCUT2D eigenvalue weighted by Gasteiger charge is -2.12. The summed E-state index contributed by atoms with van der Waals surface area (Å²) >= 11 is 1.09. The molecular weight excluding hydrogens is 400 g/mol. The van der Waals surface area contributed by atoms with Crippen LogP contribution in [0.1, 0.15) is 22.8 Å². The molecule has 3 rings (SSSR count). The molecule has 0 spiro atoms. The van der Waals surface area contributed by atoms with Gasteiger partial charge in [-0.2, -0.15) is 5.26 Å². The molecule has 29 heavy (non-hydrogen) atoms. The van der Waals surface area contributed by atoms with Crippen LogP contribution in [0.15, 0.2) is 47.8 Å². The number of nitrogens with one attached hydrogen (secondary N) is 1. The number of rotatable bonds is 5. The van der Waals surface area contributed by atoms with Gasteiger partial charge in [-0.1, -0.05) is 0 Å². The number of hydrogen-bond donors (Lipinski definition) is 1. The van der Waals surface area contributed by atoms with Gasteiger partial charge in [0, 0.05) is 10.9 Å². The summed E-state index contributed by atoms with van der Waals surface area (Å²) in [5.74, 6) is -3.27. The van der Waals surface area contributed by atoms with E-state index in [0.29, 0.717) is 16.8 Å². The molecule has 1 heterocycles. The first-order valence-corrected chi connectivity index (χ1v) is 9.18. The van der Waals surface area contributed by atoms with E-state index >= 15 is 0 Å². The Morgan fingerprint density at radius 2 is 1.90 bits per heavy atom. The molecule has 3 aromatic rings. The smallest absolute Gasteiger partial charge is 0.338 e. The molecule has 1 unspecified atom stereocenters. The Kier molecular flexibility index (Phi) is 5.95. The van der Waals surface area contributed by atoms with Crippen molar-refractivity contribution in [2.45, 2.75) is 13.0 Å². The van der Waals surface area contributed by atoms with Gasteiger partial charge in [0.15, 0.2) is 22.9 Å². The van der Waals surface area contributed by atoms with Crippen molar-refractivity contribution in [3.63, 3.8) is 0 Å². The number of anilines is 1. The Morgan fingerprint density at radius 3 is 2.55 bits per heavy atom. The fourth-order valence-corrected chi connectivity index (χ4v) is 3.01. The van der Waals surface area contributed by atoms with Crippen LogP contribution in [0, 0.1) is 23.0 Å². The quantitative estimate of drug-likeness (QED) is 0.635. The van der Waals surface area contributed by atoms with Crippen molar-refractivity contribution >= 4 is 28.3 Å². The molecule has 1 atom stereocenters. The van der Waals surface area contributed by atoms with Crippen molar-refractivity contribution in [3.8, 4) is 17.3 Å². The zero-order chi connectivity index (χ0) is 21.0. The number of benzene rings is 2. The van der Waals surface area contributed by atoms with Gasteiger partial charge in [-0.3, -0.25) is 10.1 Å². The summed E-state index contributed by atoms with van der Waals surface area (Å²) in [4.78, 5) is 28.5. The molecule has 146 valence electrons. The average molecular weight is 413 g/mol. The van der Waals surface area contributed by atoms with Crippen molar-refractivity contribution in [2.75, 3.05) is 5.32 Å². The summed E-state index contributed by atoms with van der Waals surface area (Å²) < 4.78 is 31.5. The highest BCUT2D eigenvalue weighted by atomic mass is 32.1.